The van der Waals surface area contributed by atoms with Crippen LogP contribution in [0.2, 0.25) is 10.0 Å². The van der Waals surface area contributed by atoms with Crippen LogP contribution in [-0.2, 0) is 0 Å². The average Bonchev–Trinajstić information content (AvgIpc) is 2.26. The van der Waals surface area contributed by atoms with Crippen molar-refractivity contribution in [1.29, 1.82) is 0 Å². The van der Waals surface area contributed by atoms with Gasteiger partial charge in [-0.1, -0.05) is 39.1 Å². The summed E-state index contributed by atoms with van der Waals surface area (Å²) >= 11 is 15.0. The van der Waals surface area contributed by atoms with Crippen LogP contribution in [0.15, 0.2) is 41.0 Å². The first-order chi connectivity index (χ1) is 9.02. The Kier molecular flexibility index (Phi) is 4.63. The molecule has 0 aliphatic carbocycles. The van der Waals surface area contributed by atoms with E-state index in [9.17, 15) is 4.79 Å². The summed E-state index contributed by atoms with van der Waals surface area (Å²) in [4.78, 5) is 15.8. The Morgan fingerprint density at radius 3 is 2.42 bits per heavy atom. The number of carbonyl (C=O) groups is 1. The number of rotatable bonds is 2. The van der Waals surface area contributed by atoms with Crippen LogP contribution < -0.4 is 10.6 Å². The van der Waals surface area contributed by atoms with E-state index in [0.29, 0.717) is 21.6 Å². The SMILES string of the molecule is O=C(Nc1cc(Cl)cc(Cl)c1)Nc1cc(Br)ccn1. The van der Waals surface area contributed by atoms with Crippen LogP contribution in [0.4, 0.5) is 16.3 Å². The quantitative estimate of drug-likeness (QED) is 0.808. The number of hydrogen-bond acceptors (Lipinski definition) is 2. The minimum Gasteiger partial charge on any atom is -0.308 e. The van der Waals surface area contributed by atoms with E-state index in [1.165, 1.54) is 0 Å². The molecular formula is C12H8BrCl2N3O. The Hall–Kier alpha value is -1.30. The van der Waals surface area contributed by atoms with Gasteiger partial charge in [0.1, 0.15) is 5.82 Å². The topological polar surface area (TPSA) is 54.0 Å². The Morgan fingerprint density at radius 2 is 1.79 bits per heavy atom. The van der Waals surface area contributed by atoms with Crippen molar-refractivity contribution in [1.82, 2.24) is 4.98 Å². The Morgan fingerprint density at radius 1 is 1.11 bits per heavy atom. The highest BCUT2D eigenvalue weighted by molar-refractivity contribution is 9.10. The van der Waals surface area contributed by atoms with E-state index in [1.54, 1.807) is 36.5 Å². The zero-order chi connectivity index (χ0) is 13.8. The van der Waals surface area contributed by atoms with Crippen LogP contribution in [-0.4, -0.2) is 11.0 Å². The second-order valence-corrected chi connectivity index (χ2v) is 5.39. The number of hydrogen-bond donors (Lipinski definition) is 2. The largest absolute Gasteiger partial charge is 0.324 e. The summed E-state index contributed by atoms with van der Waals surface area (Å²) in [5.41, 5.74) is 0.505. The van der Waals surface area contributed by atoms with Gasteiger partial charge in [-0.05, 0) is 30.3 Å². The summed E-state index contributed by atoms with van der Waals surface area (Å²) in [7, 11) is 0. The molecule has 1 aromatic heterocycles. The van der Waals surface area contributed by atoms with Crippen molar-refractivity contribution in [2.45, 2.75) is 0 Å². The molecule has 7 heteroatoms. The van der Waals surface area contributed by atoms with E-state index in [0.717, 1.165) is 4.47 Å². The van der Waals surface area contributed by atoms with Gasteiger partial charge in [-0.25, -0.2) is 9.78 Å². The number of pyridine rings is 1. The first kappa shape index (κ1) is 14.1. The number of carbonyl (C=O) groups excluding carboxylic acids is 1. The molecule has 0 saturated carbocycles. The van der Waals surface area contributed by atoms with Crippen LogP contribution in [0, 0.1) is 0 Å². The standard InChI is InChI=1S/C12H8BrCl2N3O/c13-7-1-2-16-11(3-7)18-12(19)17-10-5-8(14)4-9(15)6-10/h1-6H,(H2,16,17,18,19). The fourth-order valence-corrected chi connectivity index (χ4v) is 2.24. The summed E-state index contributed by atoms with van der Waals surface area (Å²) in [6.45, 7) is 0. The van der Waals surface area contributed by atoms with Crippen LogP contribution in [0.1, 0.15) is 0 Å². The minimum absolute atomic E-state index is 0.427. The van der Waals surface area contributed by atoms with Crippen molar-refractivity contribution in [3.8, 4) is 0 Å². The van der Waals surface area contributed by atoms with Crippen LogP contribution in [0.5, 0.6) is 0 Å². The lowest BCUT2D eigenvalue weighted by Crippen LogP contribution is -2.20. The smallest absolute Gasteiger partial charge is 0.308 e. The minimum atomic E-state index is -0.427. The molecule has 0 aliphatic heterocycles. The number of nitrogens with zero attached hydrogens (tertiary/aromatic N) is 1. The van der Waals surface area contributed by atoms with Crippen molar-refractivity contribution in [2.75, 3.05) is 10.6 Å². The monoisotopic (exact) mass is 359 g/mol. The third-order valence-corrected chi connectivity index (χ3v) is 3.01. The van der Waals surface area contributed by atoms with Gasteiger partial charge >= 0.3 is 6.03 Å². The van der Waals surface area contributed by atoms with Gasteiger partial charge in [0.15, 0.2) is 0 Å². The maximum atomic E-state index is 11.8. The van der Waals surface area contributed by atoms with E-state index in [2.05, 4.69) is 31.5 Å². The summed E-state index contributed by atoms with van der Waals surface area (Å²) in [6.07, 6.45) is 1.58. The summed E-state index contributed by atoms with van der Waals surface area (Å²) < 4.78 is 0.823. The number of benzene rings is 1. The van der Waals surface area contributed by atoms with Crippen molar-refractivity contribution in [2.24, 2.45) is 0 Å². The molecule has 2 N–H and O–H groups in total. The molecule has 0 fully saturated rings. The van der Waals surface area contributed by atoms with Crippen LogP contribution in [0.3, 0.4) is 0 Å². The molecule has 0 spiro atoms. The fourth-order valence-electron chi connectivity index (χ4n) is 1.38. The molecule has 0 saturated heterocycles. The van der Waals surface area contributed by atoms with Gasteiger partial charge in [-0.2, -0.15) is 0 Å². The van der Waals surface area contributed by atoms with E-state index in [4.69, 9.17) is 23.2 Å². The van der Waals surface area contributed by atoms with Gasteiger partial charge in [0.05, 0.1) is 0 Å². The lowest BCUT2D eigenvalue weighted by atomic mass is 10.3. The molecule has 0 bridgehead atoms. The molecule has 0 aliphatic rings. The van der Waals surface area contributed by atoms with Crippen LogP contribution >= 0.6 is 39.1 Å². The molecular weight excluding hydrogens is 353 g/mol. The molecule has 98 valence electrons. The molecule has 19 heavy (non-hydrogen) atoms. The predicted molar refractivity (Wildman–Crippen MR) is 81.0 cm³/mol. The van der Waals surface area contributed by atoms with Gasteiger partial charge < -0.3 is 5.32 Å². The highest BCUT2D eigenvalue weighted by Gasteiger charge is 2.05. The van der Waals surface area contributed by atoms with E-state index < -0.39 is 6.03 Å². The zero-order valence-corrected chi connectivity index (χ0v) is 12.6. The Labute approximate surface area is 128 Å². The first-order valence-electron chi connectivity index (χ1n) is 5.18. The predicted octanol–water partition coefficient (Wildman–Crippen LogP) is 4.79. The van der Waals surface area contributed by atoms with Crippen LogP contribution in [0.25, 0.3) is 0 Å². The van der Waals surface area contributed by atoms with Gasteiger partial charge in [0, 0.05) is 26.4 Å². The highest BCUT2D eigenvalue weighted by atomic mass is 79.9. The van der Waals surface area contributed by atoms with Gasteiger partial charge in [-0.3, -0.25) is 5.32 Å². The van der Waals surface area contributed by atoms with Gasteiger partial charge in [0.2, 0.25) is 0 Å². The van der Waals surface area contributed by atoms with Crippen molar-refractivity contribution in [3.05, 3.63) is 51.0 Å². The third kappa shape index (κ3) is 4.38. The zero-order valence-electron chi connectivity index (χ0n) is 9.45. The fraction of sp³-hybridized carbons (Fsp3) is 0. The lowest BCUT2D eigenvalue weighted by Gasteiger charge is -2.08. The summed E-state index contributed by atoms with van der Waals surface area (Å²) in [5, 5.41) is 6.11. The second kappa shape index (κ2) is 6.23. The second-order valence-electron chi connectivity index (χ2n) is 3.60. The normalized spacial score (nSPS) is 10.1. The highest BCUT2D eigenvalue weighted by Crippen LogP contribution is 2.22. The average molecular weight is 361 g/mol. The van der Waals surface area contributed by atoms with Crippen molar-refractivity contribution < 1.29 is 4.79 Å². The Balaban J connectivity index is 2.05. The van der Waals surface area contributed by atoms with Crippen molar-refractivity contribution in [3.63, 3.8) is 0 Å². The molecule has 1 aromatic carbocycles. The maximum absolute atomic E-state index is 11.8. The molecule has 2 amide bonds. The summed E-state index contributed by atoms with van der Waals surface area (Å²) in [5.74, 6) is 0.431. The number of anilines is 2. The number of amides is 2. The number of aromatic nitrogens is 1. The van der Waals surface area contributed by atoms with Crippen molar-refractivity contribution >= 4 is 56.7 Å². The van der Waals surface area contributed by atoms with Gasteiger partial charge in [-0.15, -0.1) is 0 Å². The van der Waals surface area contributed by atoms with Gasteiger partial charge in [0.25, 0.3) is 0 Å². The Bertz CT molecular complexity index is 601. The number of nitrogens with one attached hydrogen (secondary N) is 2. The van der Waals surface area contributed by atoms with E-state index >= 15 is 0 Å². The molecule has 0 unspecified atom stereocenters. The third-order valence-electron chi connectivity index (χ3n) is 2.08. The van der Waals surface area contributed by atoms with E-state index in [-0.39, 0.29) is 0 Å². The maximum Gasteiger partial charge on any atom is 0.324 e. The molecule has 0 atom stereocenters. The van der Waals surface area contributed by atoms with E-state index in [1.807, 2.05) is 0 Å². The first-order valence-corrected chi connectivity index (χ1v) is 6.73. The lowest BCUT2D eigenvalue weighted by molar-refractivity contribution is 0.262. The molecule has 2 aromatic rings. The number of halogens is 3. The molecule has 2 rings (SSSR count). The molecule has 4 nitrogen and oxygen atoms in total. The summed E-state index contributed by atoms with van der Waals surface area (Å²) in [6, 6.07) is 7.80. The molecule has 0 radical (unpaired) electrons. The molecule has 1 heterocycles. The number of urea groups is 1.